The molecular weight excluding hydrogens is 431 g/mol. The monoisotopic (exact) mass is 454 g/mol. The van der Waals surface area contributed by atoms with Gasteiger partial charge in [-0.25, -0.2) is 9.18 Å². The number of amides is 2. The van der Waals surface area contributed by atoms with Gasteiger partial charge in [-0.2, -0.15) is 0 Å². The third-order valence-corrected chi connectivity index (χ3v) is 5.85. The fourth-order valence-electron chi connectivity index (χ4n) is 3.01. The zero-order valence-corrected chi connectivity index (χ0v) is 18.6. The van der Waals surface area contributed by atoms with Gasteiger partial charge in [-0.1, -0.05) is 12.1 Å². The zero-order valence-electron chi connectivity index (χ0n) is 17.8. The highest BCUT2D eigenvalue weighted by Crippen LogP contribution is 2.28. The zero-order chi connectivity index (χ0) is 23.1. The molecule has 32 heavy (non-hydrogen) atoms. The van der Waals surface area contributed by atoms with Crippen molar-refractivity contribution in [3.8, 4) is 10.4 Å². The van der Waals surface area contributed by atoms with E-state index < -0.39 is 18.5 Å². The molecule has 1 heterocycles. The minimum absolute atomic E-state index is 0.0715. The summed E-state index contributed by atoms with van der Waals surface area (Å²) in [6, 6.07) is 15.9. The van der Waals surface area contributed by atoms with Crippen molar-refractivity contribution in [3.63, 3.8) is 0 Å². The molecular formula is C24H23FN2O4S. The molecule has 0 saturated heterocycles. The maximum Gasteiger partial charge on any atom is 0.348 e. The lowest BCUT2D eigenvalue weighted by Gasteiger charge is -2.18. The number of hydrogen-bond acceptors (Lipinski definition) is 5. The Kier molecular flexibility index (Phi) is 7.72. The Morgan fingerprint density at radius 1 is 0.938 bits per heavy atom. The Morgan fingerprint density at radius 3 is 2.22 bits per heavy atom. The van der Waals surface area contributed by atoms with E-state index in [0.717, 1.165) is 10.4 Å². The first kappa shape index (κ1) is 23.1. The molecule has 3 aromatic rings. The Hall–Kier alpha value is -3.52. The normalized spacial score (nSPS) is 10.5. The number of nitrogens with one attached hydrogen (secondary N) is 1. The van der Waals surface area contributed by atoms with E-state index in [4.69, 9.17) is 4.74 Å². The molecule has 166 valence electrons. The standard InChI is InChI=1S/C24H23FN2O4S/c1-3-27(4-2)23(29)17-7-11-19(12-8-17)26-22(28)15-31-24(30)21-14-13-20(32-21)16-5-9-18(25)10-6-16/h5-14H,3-4,15H2,1-2H3,(H,26,28). The molecule has 0 spiro atoms. The molecule has 6 nitrogen and oxygen atoms in total. The first-order chi connectivity index (χ1) is 15.4. The van der Waals surface area contributed by atoms with Crippen molar-refractivity contribution in [1.29, 1.82) is 0 Å². The van der Waals surface area contributed by atoms with Gasteiger partial charge in [-0.15, -0.1) is 11.3 Å². The van der Waals surface area contributed by atoms with Gasteiger partial charge >= 0.3 is 5.97 Å². The van der Waals surface area contributed by atoms with Crippen molar-refractivity contribution in [3.05, 3.63) is 76.9 Å². The summed E-state index contributed by atoms with van der Waals surface area (Å²) < 4.78 is 18.2. The van der Waals surface area contributed by atoms with Crippen molar-refractivity contribution < 1.29 is 23.5 Å². The van der Waals surface area contributed by atoms with E-state index in [1.165, 1.54) is 23.5 Å². The Labute approximate surface area is 189 Å². The van der Waals surface area contributed by atoms with E-state index in [9.17, 15) is 18.8 Å². The van der Waals surface area contributed by atoms with Gasteiger partial charge in [0.25, 0.3) is 11.8 Å². The largest absolute Gasteiger partial charge is 0.451 e. The van der Waals surface area contributed by atoms with Gasteiger partial charge in [-0.05, 0) is 67.9 Å². The number of nitrogens with zero attached hydrogens (tertiary/aromatic N) is 1. The molecule has 1 aromatic heterocycles. The van der Waals surface area contributed by atoms with Gasteiger partial charge in [-0.3, -0.25) is 9.59 Å². The summed E-state index contributed by atoms with van der Waals surface area (Å²) in [6.45, 7) is 4.63. The van der Waals surface area contributed by atoms with Crippen LogP contribution in [0.25, 0.3) is 10.4 Å². The van der Waals surface area contributed by atoms with Crippen LogP contribution in [0.1, 0.15) is 33.9 Å². The average Bonchev–Trinajstić information content (AvgIpc) is 3.29. The lowest BCUT2D eigenvalue weighted by atomic mass is 10.2. The summed E-state index contributed by atoms with van der Waals surface area (Å²) in [5, 5.41) is 2.64. The van der Waals surface area contributed by atoms with Gasteiger partial charge in [0.05, 0.1) is 0 Å². The summed E-state index contributed by atoms with van der Waals surface area (Å²) in [6.07, 6.45) is 0. The molecule has 0 aliphatic rings. The smallest absolute Gasteiger partial charge is 0.348 e. The Morgan fingerprint density at radius 2 is 1.59 bits per heavy atom. The molecule has 0 radical (unpaired) electrons. The summed E-state index contributed by atoms with van der Waals surface area (Å²) in [7, 11) is 0. The van der Waals surface area contributed by atoms with E-state index in [1.807, 2.05) is 13.8 Å². The van der Waals surface area contributed by atoms with Crippen molar-refractivity contribution in [2.45, 2.75) is 13.8 Å². The van der Waals surface area contributed by atoms with Gasteiger partial charge in [0.15, 0.2) is 6.61 Å². The summed E-state index contributed by atoms with van der Waals surface area (Å²) in [5.74, 6) is -1.51. The highest BCUT2D eigenvalue weighted by molar-refractivity contribution is 7.17. The lowest BCUT2D eigenvalue weighted by molar-refractivity contribution is -0.119. The predicted octanol–water partition coefficient (Wildman–Crippen LogP) is 4.83. The fraction of sp³-hybridized carbons (Fsp3) is 0.208. The van der Waals surface area contributed by atoms with Gasteiger partial charge in [0.2, 0.25) is 0 Å². The Balaban J connectivity index is 1.52. The van der Waals surface area contributed by atoms with E-state index in [1.54, 1.807) is 53.4 Å². The van der Waals surface area contributed by atoms with Crippen molar-refractivity contribution in [2.75, 3.05) is 25.0 Å². The number of esters is 1. The number of anilines is 1. The number of ether oxygens (including phenoxy) is 1. The van der Waals surface area contributed by atoms with Gasteiger partial charge < -0.3 is 15.0 Å². The number of carbonyl (C=O) groups is 3. The maximum absolute atomic E-state index is 13.1. The summed E-state index contributed by atoms with van der Waals surface area (Å²) in [4.78, 5) is 39.5. The number of hydrogen-bond donors (Lipinski definition) is 1. The number of thiophene rings is 1. The number of carbonyl (C=O) groups excluding carboxylic acids is 3. The van der Waals surface area contributed by atoms with Crippen LogP contribution in [0, 0.1) is 5.82 Å². The Bertz CT molecular complexity index is 1090. The molecule has 3 rings (SSSR count). The van der Waals surface area contributed by atoms with E-state index >= 15 is 0 Å². The molecule has 0 aliphatic heterocycles. The van der Waals surface area contributed by atoms with E-state index in [-0.39, 0.29) is 11.7 Å². The second-order valence-corrected chi connectivity index (χ2v) is 7.93. The summed E-state index contributed by atoms with van der Waals surface area (Å²) in [5.41, 5.74) is 1.82. The lowest BCUT2D eigenvalue weighted by Crippen LogP contribution is -2.30. The second-order valence-electron chi connectivity index (χ2n) is 6.85. The molecule has 0 atom stereocenters. The second kappa shape index (κ2) is 10.7. The van der Waals surface area contributed by atoms with Crippen molar-refractivity contribution >= 4 is 34.8 Å². The third-order valence-electron chi connectivity index (χ3n) is 4.74. The molecule has 1 N–H and O–H groups in total. The maximum atomic E-state index is 13.1. The number of halogens is 1. The fourth-order valence-corrected chi connectivity index (χ4v) is 3.91. The van der Waals surface area contributed by atoms with Crippen LogP contribution in [0.15, 0.2) is 60.7 Å². The van der Waals surface area contributed by atoms with E-state index in [2.05, 4.69) is 5.32 Å². The van der Waals surface area contributed by atoms with Crippen LogP contribution >= 0.6 is 11.3 Å². The SMILES string of the molecule is CCN(CC)C(=O)c1ccc(NC(=O)COC(=O)c2ccc(-c3ccc(F)cc3)s2)cc1. The minimum atomic E-state index is -0.612. The highest BCUT2D eigenvalue weighted by atomic mass is 32.1. The molecule has 0 unspecified atom stereocenters. The van der Waals surface area contributed by atoms with Gasteiger partial charge in [0.1, 0.15) is 10.7 Å². The minimum Gasteiger partial charge on any atom is -0.451 e. The molecule has 2 aromatic carbocycles. The van der Waals surface area contributed by atoms with Crippen LogP contribution in [-0.2, 0) is 9.53 Å². The van der Waals surface area contributed by atoms with Crippen LogP contribution in [0.5, 0.6) is 0 Å². The first-order valence-corrected chi connectivity index (χ1v) is 10.9. The third kappa shape index (κ3) is 5.79. The van der Waals surface area contributed by atoms with Crippen molar-refractivity contribution in [1.82, 2.24) is 4.90 Å². The summed E-state index contributed by atoms with van der Waals surface area (Å²) >= 11 is 1.20. The van der Waals surface area contributed by atoms with Crippen LogP contribution in [0.2, 0.25) is 0 Å². The molecule has 0 bridgehead atoms. The van der Waals surface area contributed by atoms with Crippen LogP contribution in [0.3, 0.4) is 0 Å². The first-order valence-electron chi connectivity index (χ1n) is 10.1. The van der Waals surface area contributed by atoms with Crippen LogP contribution in [0.4, 0.5) is 10.1 Å². The number of rotatable bonds is 8. The highest BCUT2D eigenvalue weighted by Gasteiger charge is 2.15. The van der Waals surface area contributed by atoms with Crippen LogP contribution in [-0.4, -0.2) is 42.4 Å². The topological polar surface area (TPSA) is 75.7 Å². The van der Waals surface area contributed by atoms with Gasteiger partial charge in [0, 0.05) is 29.2 Å². The molecule has 0 aliphatic carbocycles. The quantitative estimate of drug-likeness (QED) is 0.495. The number of benzene rings is 2. The average molecular weight is 455 g/mol. The predicted molar refractivity (Wildman–Crippen MR) is 122 cm³/mol. The molecule has 8 heteroatoms. The molecule has 0 saturated carbocycles. The van der Waals surface area contributed by atoms with Crippen molar-refractivity contribution in [2.24, 2.45) is 0 Å². The molecule has 2 amide bonds. The van der Waals surface area contributed by atoms with E-state index in [0.29, 0.717) is 29.2 Å². The van der Waals surface area contributed by atoms with Crippen LogP contribution < -0.4 is 5.32 Å². The molecule has 0 fully saturated rings.